The average molecular weight is 396 g/mol. The number of nitrogens with one attached hydrogen (secondary N) is 1. The molecule has 0 spiro atoms. The van der Waals surface area contributed by atoms with Gasteiger partial charge in [-0.1, -0.05) is 18.2 Å². The number of carbonyl (C=O) groups excluding carboxylic acids is 1. The number of thiophene rings is 1. The van der Waals surface area contributed by atoms with Crippen LogP contribution >= 0.6 is 11.3 Å². The Labute approximate surface area is 157 Å². The number of rotatable bonds is 6. The molecule has 7 nitrogen and oxygen atoms in total. The van der Waals surface area contributed by atoms with Gasteiger partial charge in [-0.05, 0) is 23.6 Å². The fourth-order valence-corrected chi connectivity index (χ4v) is 5.37. The highest BCUT2D eigenvalue weighted by molar-refractivity contribution is 7.91. The topological polar surface area (TPSA) is 79.0 Å². The number of ether oxygens (including phenoxy) is 1. The molecule has 1 aliphatic rings. The van der Waals surface area contributed by atoms with E-state index in [4.69, 9.17) is 4.74 Å². The molecule has 1 aromatic heterocycles. The normalized spacial score (nSPS) is 16.3. The lowest BCUT2D eigenvalue weighted by atomic mass is 10.3. The summed E-state index contributed by atoms with van der Waals surface area (Å²) in [5.41, 5.74) is 0.624. The van der Waals surface area contributed by atoms with Crippen LogP contribution in [0.1, 0.15) is 0 Å². The van der Waals surface area contributed by atoms with E-state index in [-0.39, 0.29) is 12.5 Å². The molecule has 0 unspecified atom stereocenters. The molecule has 1 saturated heterocycles. The van der Waals surface area contributed by atoms with Crippen LogP contribution in [0.25, 0.3) is 0 Å². The van der Waals surface area contributed by atoms with Crippen LogP contribution in [0.2, 0.25) is 0 Å². The number of hydrogen-bond acceptors (Lipinski definition) is 6. The van der Waals surface area contributed by atoms with E-state index in [2.05, 4.69) is 5.32 Å². The molecule has 1 aliphatic heterocycles. The second-order valence-electron chi connectivity index (χ2n) is 5.86. The van der Waals surface area contributed by atoms with Crippen LogP contribution in [0.3, 0.4) is 0 Å². The minimum Gasteiger partial charge on any atom is -0.495 e. The van der Waals surface area contributed by atoms with E-state index in [1.54, 1.807) is 36.8 Å². The minimum atomic E-state index is -3.42. The molecule has 0 atom stereocenters. The summed E-state index contributed by atoms with van der Waals surface area (Å²) in [6.45, 7) is 2.00. The van der Waals surface area contributed by atoms with Crippen molar-refractivity contribution in [2.24, 2.45) is 0 Å². The van der Waals surface area contributed by atoms with Crippen molar-refractivity contribution in [2.75, 3.05) is 45.2 Å². The summed E-state index contributed by atoms with van der Waals surface area (Å²) in [7, 11) is -1.87. The molecule has 0 aliphatic carbocycles. The van der Waals surface area contributed by atoms with Crippen molar-refractivity contribution in [1.29, 1.82) is 0 Å². The lowest BCUT2D eigenvalue weighted by molar-refractivity contribution is -0.117. The maximum atomic E-state index is 12.5. The lowest BCUT2D eigenvalue weighted by Gasteiger charge is -2.33. The van der Waals surface area contributed by atoms with Gasteiger partial charge in [-0.2, -0.15) is 4.31 Å². The number of amides is 1. The van der Waals surface area contributed by atoms with Gasteiger partial charge in [0.25, 0.3) is 10.0 Å². The van der Waals surface area contributed by atoms with Crippen LogP contribution in [0, 0.1) is 0 Å². The molecule has 2 heterocycles. The maximum Gasteiger partial charge on any atom is 0.252 e. The minimum absolute atomic E-state index is 0.149. The van der Waals surface area contributed by atoms with Gasteiger partial charge < -0.3 is 10.1 Å². The Hall–Kier alpha value is -1.94. The Bertz CT molecular complexity index is 845. The highest BCUT2D eigenvalue weighted by Gasteiger charge is 2.29. The first-order valence-corrected chi connectivity index (χ1v) is 10.5. The van der Waals surface area contributed by atoms with Crippen molar-refractivity contribution >= 4 is 33.0 Å². The fourth-order valence-electron chi connectivity index (χ4n) is 2.81. The highest BCUT2D eigenvalue weighted by Crippen LogP contribution is 2.24. The smallest absolute Gasteiger partial charge is 0.252 e. The first kappa shape index (κ1) is 18.8. The number of hydrogen-bond donors (Lipinski definition) is 1. The van der Waals surface area contributed by atoms with Crippen LogP contribution in [-0.4, -0.2) is 63.4 Å². The Kier molecular flexibility index (Phi) is 5.92. The maximum absolute atomic E-state index is 12.5. The van der Waals surface area contributed by atoms with Gasteiger partial charge >= 0.3 is 0 Å². The molecule has 3 rings (SSSR count). The third-order valence-corrected chi connectivity index (χ3v) is 7.44. The standard InChI is InChI=1S/C17H21N3O4S2/c1-24-15-6-3-2-5-14(15)18-16(21)13-19-8-10-20(11-9-19)26(22,23)17-7-4-12-25-17/h2-7,12H,8-11,13H2,1H3,(H,18,21). The van der Waals surface area contributed by atoms with Crippen LogP contribution < -0.4 is 10.1 Å². The Balaban J connectivity index is 1.53. The quantitative estimate of drug-likeness (QED) is 0.805. The number of methoxy groups -OCH3 is 1. The van der Waals surface area contributed by atoms with Gasteiger partial charge in [0.05, 0.1) is 19.3 Å². The SMILES string of the molecule is COc1ccccc1NC(=O)CN1CCN(S(=O)(=O)c2cccs2)CC1. The monoisotopic (exact) mass is 395 g/mol. The van der Waals surface area contributed by atoms with Gasteiger partial charge in [0, 0.05) is 26.2 Å². The van der Waals surface area contributed by atoms with Crippen molar-refractivity contribution < 1.29 is 17.9 Å². The first-order chi connectivity index (χ1) is 12.5. The molecule has 140 valence electrons. The van der Waals surface area contributed by atoms with Crippen LogP contribution in [0.4, 0.5) is 5.69 Å². The molecule has 0 radical (unpaired) electrons. The third kappa shape index (κ3) is 4.24. The summed E-state index contributed by atoms with van der Waals surface area (Å²) in [6.07, 6.45) is 0. The van der Waals surface area contributed by atoms with Gasteiger partial charge in [-0.15, -0.1) is 11.3 Å². The zero-order valence-corrected chi connectivity index (χ0v) is 16.1. The summed E-state index contributed by atoms with van der Waals surface area (Å²) in [5.74, 6) is 0.455. The molecule has 1 N–H and O–H groups in total. The van der Waals surface area contributed by atoms with Crippen LogP contribution in [-0.2, 0) is 14.8 Å². The molecule has 1 amide bonds. The van der Waals surface area contributed by atoms with E-state index in [1.807, 2.05) is 17.0 Å². The van der Waals surface area contributed by atoms with Crippen LogP contribution in [0.15, 0.2) is 46.0 Å². The molecule has 9 heteroatoms. The summed E-state index contributed by atoms with van der Waals surface area (Å²) >= 11 is 1.22. The lowest BCUT2D eigenvalue weighted by Crippen LogP contribution is -2.50. The van der Waals surface area contributed by atoms with Crippen molar-refractivity contribution in [1.82, 2.24) is 9.21 Å². The number of sulfonamides is 1. The number of nitrogens with zero attached hydrogens (tertiary/aromatic N) is 2. The van der Waals surface area contributed by atoms with Gasteiger partial charge in [-0.3, -0.25) is 9.69 Å². The van der Waals surface area contributed by atoms with Gasteiger partial charge in [0.15, 0.2) is 0 Å². The molecule has 0 saturated carbocycles. The van der Waals surface area contributed by atoms with Gasteiger partial charge in [0.1, 0.15) is 9.96 Å². The van der Waals surface area contributed by atoms with E-state index in [0.717, 1.165) is 0 Å². The molecule has 2 aromatic rings. The molecule has 26 heavy (non-hydrogen) atoms. The Morgan fingerprint density at radius 3 is 2.54 bits per heavy atom. The molecular formula is C17H21N3O4S2. The van der Waals surface area contributed by atoms with Gasteiger partial charge in [-0.25, -0.2) is 8.42 Å². The summed E-state index contributed by atoms with van der Waals surface area (Å²) in [5, 5.41) is 4.59. The van der Waals surface area contributed by atoms with E-state index in [1.165, 1.54) is 15.6 Å². The Morgan fingerprint density at radius 2 is 1.88 bits per heavy atom. The predicted molar refractivity (Wildman–Crippen MR) is 101 cm³/mol. The number of anilines is 1. The van der Waals surface area contributed by atoms with Crippen molar-refractivity contribution in [3.8, 4) is 5.75 Å². The number of carbonyl (C=O) groups is 1. The van der Waals surface area contributed by atoms with Crippen molar-refractivity contribution in [3.05, 3.63) is 41.8 Å². The summed E-state index contributed by atoms with van der Waals surface area (Å²) < 4.78 is 32.1. The first-order valence-electron chi connectivity index (χ1n) is 8.19. The molecule has 1 fully saturated rings. The largest absolute Gasteiger partial charge is 0.495 e. The highest BCUT2D eigenvalue weighted by atomic mass is 32.2. The number of piperazine rings is 1. The number of benzene rings is 1. The predicted octanol–water partition coefficient (Wildman–Crippen LogP) is 1.70. The van der Waals surface area contributed by atoms with E-state index in [0.29, 0.717) is 41.8 Å². The van der Waals surface area contributed by atoms with E-state index < -0.39 is 10.0 Å². The summed E-state index contributed by atoms with van der Waals surface area (Å²) in [4.78, 5) is 14.2. The zero-order chi connectivity index (χ0) is 18.6. The van der Waals surface area contributed by atoms with E-state index >= 15 is 0 Å². The van der Waals surface area contributed by atoms with Crippen LogP contribution in [0.5, 0.6) is 5.75 Å². The van der Waals surface area contributed by atoms with Gasteiger partial charge in [0.2, 0.25) is 5.91 Å². The van der Waals surface area contributed by atoms with Crippen molar-refractivity contribution in [2.45, 2.75) is 4.21 Å². The average Bonchev–Trinajstić information content (AvgIpc) is 3.18. The second-order valence-corrected chi connectivity index (χ2v) is 8.97. The molecule has 0 bridgehead atoms. The van der Waals surface area contributed by atoms with E-state index in [9.17, 15) is 13.2 Å². The molecular weight excluding hydrogens is 374 g/mol. The number of para-hydroxylation sites is 2. The summed E-state index contributed by atoms with van der Waals surface area (Å²) in [6, 6.07) is 10.6. The fraction of sp³-hybridized carbons (Fsp3) is 0.353. The molecule has 1 aromatic carbocycles. The third-order valence-electron chi connectivity index (χ3n) is 4.17. The zero-order valence-electron chi connectivity index (χ0n) is 14.4. The second kappa shape index (κ2) is 8.17. The van der Waals surface area contributed by atoms with Crippen molar-refractivity contribution in [3.63, 3.8) is 0 Å². The Morgan fingerprint density at radius 1 is 1.15 bits per heavy atom.